The number of hydrogen-bond acceptors (Lipinski definition) is 3. The average Bonchev–Trinajstić information content (AvgIpc) is 2.46. The Bertz CT molecular complexity index is 476. The molecule has 0 saturated heterocycles. The van der Waals surface area contributed by atoms with Gasteiger partial charge < -0.3 is 20.4 Å². The minimum atomic E-state index is -0.842. The molecule has 0 saturated carbocycles. The summed E-state index contributed by atoms with van der Waals surface area (Å²) in [7, 11) is 0. The molecule has 2 amide bonds. The fourth-order valence-corrected chi connectivity index (χ4v) is 1.92. The van der Waals surface area contributed by atoms with Gasteiger partial charge in [0.25, 0.3) is 0 Å². The van der Waals surface area contributed by atoms with Crippen molar-refractivity contribution >= 4 is 17.7 Å². The van der Waals surface area contributed by atoms with Gasteiger partial charge in [-0.1, -0.05) is 12.1 Å². The molecule has 0 atom stereocenters. The summed E-state index contributed by atoms with van der Waals surface area (Å²) in [5.74, 6) is -0.842. The lowest BCUT2D eigenvalue weighted by Crippen LogP contribution is -2.35. The maximum atomic E-state index is 12.1. The first-order valence-corrected chi connectivity index (χ1v) is 7.04. The molecular formula is C15H22N2O4. The first-order valence-electron chi connectivity index (χ1n) is 7.04. The first kappa shape index (κ1) is 17.0. The molecule has 116 valence electrons. The van der Waals surface area contributed by atoms with E-state index in [-0.39, 0.29) is 19.1 Å². The number of carboxylic acid groups (broad SMARTS) is 1. The van der Waals surface area contributed by atoms with Crippen LogP contribution < -0.4 is 5.32 Å². The fourth-order valence-electron chi connectivity index (χ4n) is 1.92. The van der Waals surface area contributed by atoms with E-state index < -0.39 is 5.97 Å². The number of carboxylic acids is 1. The molecular weight excluding hydrogens is 272 g/mol. The summed E-state index contributed by atoms with van der Waals surface area (Å²) in [6, 6.07) is 6.95. The van der Waals surface area contributed by atoms with Gasteiger partial charge in [-0.05, 0) is 37.5 Å². The molecule has 6 heteroatoms. The molecule has 0 unspecified atom stereocenters. The molecule has 1 aromatic carbocycles. The molecule has 21 heavy (non-hydrogen) atoms. The third-order valence-electron chi connectivity index (χ3n) is 3.06. The van der Waals surface area contributed by atoms with Gasteiger partial charge in [-0.3, -0.25) is 4.79 Å². The number of aliphatic hydroxyl groups excluding tert-OH is 1. The molecule has 0 fully saturated rings. The van der Waals surface area contributed by atoms with Crippen molar-refractivity contribution in [3.05, 3.63) is 29.8 Å². The van der Waals surface area contributed by atoms with E-state index in [0.29, 0.717) is 31.6 Å². The van der Waals surface area contributed by atoms with Crippen molar-refractivity contribution in [1.82, 2.24) is 4.90 Å². The summed E-state index contributed by atoms with van der Waals surface area (Å²) < 4.78 is 0. The van der Waals surface area contributed by atoms with Gasteiger partial charge in [0.1, 0.15) is 0 Å². The second kappa shape index (κ2) is 8.97. The molecule has 0 radical (unpaired) electrons. The molecule has 1 aromatic rings. The number of carbonyl (C=O) groups is 2. The summed E-state index contributed by atoms with van der Waals surface area (Å²) in [4.78, 5) is 24.2. The van der Waals surface area contributed by atoms with Crippen LogP contribution in [-0.2, 0) is 11.2 Å². The summed E-state index contributed by atoms with van der Waals surface area (Å²) in [5, 5.41) is 20.3. The normalized spacial score (nSPS) is 10.2. The van der Waals surface area contributed by atoms with Crippen molar-refractivity contribution in [3.8, 4) is 0 Å². The lowest BCUT2D eigenvalue weighted by atomic mass is 10.1. The smallest absolute Gasteiger partial charge is 0.321 e. The van der Waals surface area contributed by atoms with Gasteiger partial charge in [-0.25, -0.2) is 4.79 Å². The fraction of sp³-hybridized carbons (Fsp3) is 0.467. The summed E-state index contributed by atoms with van der Waals surface area (Å²) >= 11 is 0. The van der Waals surface area contributed by atoms with Gasteiger partial charge in [0, 0.05) is 31.8 Å². The van der Waals surface area contributed by atoms with Crippen LogP contribution in [0.5, 0.6) is 0 Å². The second-order valence-corrected chi connectivity index (χ2v) is 4.68. The lowest BCUT2D eigenvalue weighted by molar-refractivity contribution is -0.136. The number of aliphatic carboxylic acids is 1. The number of nitrogens with one attached hydrogen (secondary N) is 1. The van der Waals surface area contributed by atoms with Crippen molar-refractivity contribution in [2.75, 3.05) is 25.0 Å². The minimum Gasteiger partial charge on any atom is -0.481 e. The topological polar surface area (TPSA) is 89.9 Å². The van der Waals surface area contributed by atoms with E-state index in [1.54, 1.807) is 23.1 Å². The minimum absolute atomic E-state index is 0.0501. The number of benzene rings is 1. The van der Waals surface area contributed by atoms with Crippen LogP contribution in [0.15, 0.2) is 24.3 Å². The van der Waals surface area contributed by atoms with E-state index in [0.717, 1.165) is 5.56 Å². The maximum absolute atomic E-state index is 12.1. The Labute approximate surface area is 124 Å². The number of aliphatic hydroxyl groups is 1. The van der Waals surface area contributed by atoms with Crippen molar-refractivity contribution in [1.29, 1.82) is 0 Å². The zero-order valence-corrected chi connectivity index (χ0v) is 12.2. The number of amides is 2. The zero-order chi connectivity index (χ0) is 15.7. The van der Waals surface area contributed by atoms with E-state index in [2.05, 4.69) is 5.32 Å². The highest BCUT2D eigenvalue weighted by atomic mass is 16.4. The van der Waals surface area contributed by atoms with Crippen LogP contribution in [-0.4, -0.2) is 46.8 Å². The van der Waals surface area contributed by atoms with E-state index >= 15 is 0 Å². The number of carbonyl (C=O) groups excluding carboxylic acids is 1. The monoisotopic (exact) mass is 294 g/mol. The second-order valence-electron chi connectivity index (χ2n) is 4.68. The Hall–Kier alpha value is -2.08. The van der Waals surface area contributed by atoms with E-state index in [9.17, 15) is 9.59 Å². The van der Waals surface area contributed by atoms with Crippen LogP contribution in [0, 0.1) is 0 Å². The quantitative estimate of drug-likeness (QED) is 0.683. The van der Waals surface area contributed by atoms with E-state index in [4.69, 9.17) is 10.2 Å². The molecule has 0 heterocycles. The Morgan fingerprint density at radius 3 is 2.71 bits per heavy atom. The Kier molecular flexibility index (Phi) is 7.25. The van der Waals surface area contributed by atoms with Crippen LogP contribution in [0.2, 0.25) is 0 Å². The van der Waals surface area contributed by atoms with Crippen LogP contribution in [0.1, 0.15) is 25.3 Å². The van der Waals surface area contributed by atoms with Crippen LogP contribution >= 0.6 is 0 Å². The molecule has 0 aliphatic carbocycles. The third kappa shape index (κ3) is 6.27. The molecule has 0 spiro atoms. The largest absolute Gasteiger partial charge is 0.481 e. The van der Waals surface area contributed by atoms with Gasteiger partial charge >= 0.3 is 12.0 Å². The summed E-state index contributed by atoms with van der Waals surface area (Å²) in [5.41, 5.74) is 1.51. The SMILES string of the molecule is CCN(CCCO)C(=O)Nc1cccc(CCC(=O)O)c1. The van der Waals surface area contributed by atoms with Crippen molar-refractivity contribution in [2.24, 2.45) is 0 Å². The van der Waals surface area contributed by atoms with Crippen LogP contribution in [0.3, 0.4) is 0 Å². The van der Waals surface area contributed by atoms with Crippen molar-refractivity contribution in [3.63, 3.8) is 0 Å². The first-order chi connectivity index (χ1) is 10.1. The average molecular weight is 294 g/mol. The van der Waals surface area contributed by atoms with Gasteiger partial charge in [-0.2, -0.15) is 0 Å². The van der Waals surface area contributed by atoms with Crippen molar-refractivity contribution in [2.45, 2.75) is 26.2 Å². The zero-order valence-electron chi connectivity index (χ0n) is 12.2. The molecule has 0 aliphatic rings. The highest BCUT2D eigenvalue weighted by Crippen LogP contribution is 2.13. The van der Waals surface area contributed by atoms with E-state index in [1.807, 2.05) is 13.0 Å². The number of urea groups is 1. The van der Waals surface area contributed by atoms with Crippen LogP contribution in [0.4, 0.5) is 10.5 Å². The summed E-state index contributed by atoms with van der Waals surface area (Å²) in [6.07, 6.45) is 1.04. The molecule has 3 N–H and O–H groups in total. The Morgan fingerprint density at radius 1 is 1.33 bits per heavy atom. The van der Waals surface area contributed by atoms with Gasteiger partial charge in [-0.15, -0.1) is 0 Å². The predicted octanol–water partition coefficient (Wildman–Crippen LogP) is 1.94. The Morgan fingerprint density at radius 2 is 2.10 bits per heavy atom. The highest BCUT2D eigenvalue weighted by molar-refractivity contribution is 5.89. The number of aryl methyl sites for hydroxylation is 1. The molecule has 0 aliphatic heterocycles. The molecule has 1 rings (SSSR count). The highest BCUT2D eigenvalue weighted by Gasteiger charge is 2.11. The van der Waals surface area contributed by atoms with Gasteiger partial charge in [0.05, 0.1) is 0 Å². The molecule has 0 bridgehead atoms. The Balaban J connectivity index is 2.62. The van der Waals surface area contributed by atoms with Crippen LogP contribution in [0.25, 0.3) is 0 Å². The molecule has 6 nitrogen and oxygen atoms in total. The standard InChI is InChI=1S/C15H22N2O4/c1-2-17(9-4-10-18)15(21)16-13-6-3-5-12(11-13)7-8-14(19)20/h3,5-6,11,18H,2,4,7-10H2,1H3,(H,16,21)(H,19,20). The number of nitrogens with zero attached hydrogens (tertiary/aromatic N) is 1. The predicted molar refractivity (Wildman–Crippen MR) is 80.4 cm³/mol. The van der Waals surface area contributed by atoms with Gasteiger partial charge in [0.15, 0.2) is 0 Å². The number of rotatable bonds is 8. The summed E-state index contributed by atoms with van der Waals surface area (Å²) in [6.45, 7) is 2.98. The number of hydrogen-bond donors (Lipinski definition) is 3. The maximum Gasteiger partial charge on any atom is 0.321 e. The van der Waals surface area contributed by atoms with Gasteiger partial charge in [0.2, 0.25) is 0 Å². The third-order valence-corrected chi connectivity index (χ3v) is 3.06. The molecule has 0 aromatic heterocycles. The van der Waals surface area contributed by atoms with Crippen molar-refractivity contribution < 1.29 is 19.8 Å². The number of anilines is 1. The lowest BCUT2D eigenvalue weighted by Gasteiger charge is -2.21. The van der Waals surface area contributed by atoms with E-state index in [1.165, 1.54) is 0 Å².